The maximum absolute atomic E-state index is 14.9. The first-order chi connectivity index (χ1) is 36.5. The molecule has 350 valence electrons. The Labute approximate surface area is 428 Å². The van der Waals surface area contributed by atoms with E-state index in [1.807, 2.05) is 126 Å². The van der Waals surface area contributed by atoms with Gasteiger partial charge < -0.3 is 4.57 Å². The van der Waals surface area contributed by atoms with E-state index in [9.17, 15) is 39.5 Å². The zero-order valence-electron chi connectivity index (χ0n) is 39.3. The van der Waals surface area contributed by atoms with Crippen LogP contribution in [-0.2, 0) is 6.18 Å². The summed E-state index contributed by atoms with van der Waals surface area (Å²) in [5.74, 6) is 0.433. The molecule has 0 saturated heterocycles. The fourth-order valence-corrected chi connectivity index (χ4v) is 9.67. The van der Waals surface area contributed by atoms with Gasteiger partial charge in [-0.2, -0.15) is 39.5 Å². The topological polar surface area (TPSA) is 150 Å². The van der Waals surface area contributed by atoms with E-state index in [1.54, 1.807) is 48.5 Å². The summed E-state index contributed by atoms with van der Waals surface area (Å²) in [6, 6.07) is 69.2. The normalized spacial score (nSPS) is 11.1. The maximum atomic E-state index is 14.9. The molecule has 2 aromatic heterocycles. The molecule has 8 nitrogen and oxygen atoms in total. The molecule has 75 heavy (non-hydrogen) atoms. The number of halogens is 3. The smallest absolute Gasteiger partial charge is 0.308 e. The number of aromatic nitrogens is 3. The van der Waals surface area contributed by atoms with Gasteiger partial charge in [-0.05, 0) is 124 Å². The van der Waals surface area contributed by atoms with Gasteiger partial charge >= 0.3 is 6.18 Å². The molecule has 2 heterocycles. The van der Waals surface area contributed by atoms with Crippen molar-refractivity contribution in [3.05, 3.63) is 234 Å². The van der Waals surface area contributed by atoms with Crippen LogP contribution in [0.2, 0.25) is 0 Å². The van der Waals surface area contributed by atoms with Crippen molar-refractivity contribution in [3.63, 3.8) is 0 Å². The number of fused-ring (bicyclic) bond motifs is 3. The van der Waals surface area contributed by atoms with E-state index in [4.69, 9.17) is 9.97 Å². The van der Waals surface area contributed by atoms with Crippen LogP contribution in [0.4, 0.5) is 13.2 Å². The predicted molar refractivity (Wildman–Crippen MR) is 283 cm³/mol. The Morgan fingerprint density at radius 2 is 0.827 bits per heavy atom. The Hall–Kier alpha value is -10.9. The minimum Gasteiger partial charge on any atom is -0.308 e. The zero-order valence-corrected chi connectivity index (χ0v) is 39.3. The van der Waals surface area contributed by atoms with Crippen LogP contribution >= 0.6 is 0 Å². The molecule has 0 bridgehead atoms. The van der Waals surface area contributed by atoms with Crippen LogP contribution in [0.15, 0.2) is 200 Å². The molecular formula is C64H33F3N8. The number of alkyl halides is 3. The molecule has 0 saturated carbocycles. The number of rotatable bonds is 8. The Kier molecular flexibility index (Phi) is 11.8. The summed E-state index contributed by atoms with van der Waals surface area (Å²) in [5.41, 5.74) is 9.98. The molecular weight excluding hydrogens is 938 g/mol. The molecule has 0 atom stereocenters. The summed E-state index contributed by atoms with van der Waals surface area (Å²) in [6.45, 7) is 0. The average molecular weight is 971 g/mol. The molecule has 11 aromatic rings. The zero-order chi connectivity index (χ0) is 51.8. The number of hydrogen-bond acceptors (Lipinski definition) is 7. The Morgan fingerprint density at radius 3 is 1.35 bits per heavy atom. The Morgan fingerprint density at radius 1 is 0.360 bits per heavy atom. The van der Waals surface area contributed by atoms with Crippen LogP contribution in [0.5, 0.6) is 0 Å². The first kappa shape index (κ1) is 46.5. The van der Waals surface area contributed by atoms with Crippen LogP contribution < -0.4 is 0 Å². The van der Waals surface area contributed by atoms with Gasteiger partial charge in [0.25, 0.3) is 0 Å². The van der Waals surface area contributed by atoms with Crippen molar-refractivity contribution in [3.8, 4) is 114 Å². The summed E-state index contributed by atoms with van der Waals surface area (Å²) >= 11 is 0. The Bertz CT molecular complexity index is 4160. The van der Waals surface area contributed by atoms with Gasteiger partial charge in [-0.15, -0.1) is 0 Å². The van der Waals surface area contributed by atoms with Gasteiger partial charge in [0.1, 0.15) is 0 Å². The molecule has 0 aliphatic rings. The van der Waals surface area contributed by atoms with Crippen LogP contribution in [0.25, 0.3) is 106 Å². The third-order valence-corrected chi connectivity index (χ3v) is 13.2. The first-order valence-electron chi connectivity index (χ1n) is 23.4. The fourth-order valence-electron chi connectivity index (χ4n) is 9.67. The highest BCUT2D eigenvalue weighted by atomic mass is 19.4. The van der Waals surface area contributed by atoms with Gasteiger partial charge in [-0.3, -0.25) is 0 Å². The van der Waals surface area contributed by atoms with Crippen LogP contribution in [0, 0.1) is 56.7 Å². The summed E-state index contributed by atoms with van der Waals surface area (Å²) in [4.78, 5) is 10.2. The second-order valence-corrected chi connectivity index (χ2v) is 17.7. The standard InChI is InChI=1S/C64H33F3N8/c65-64(66,67)51-16-8-15-45(28-51)55-32-48(59-33-58(42-10-3-1-4-11-42)73-63(74-59)43-12-5-2-6-13-43)31-54(44-14-7-9-39(25-44)34-68)62(55)75-60-23-19-46(52-21-17-40(35-69)26-49(52)37-71)29-56(60)57-30-47(20-24-61(57)75)53-22-18-41(36-70)27-50(53)38-72/h1-33H. The van der Waals surface area contributed by atoms with Crippen molar-refractivity contribution in [2.45, 2.75) is 6.18 Å². The SMILES string of the molecule is N#Cc1cccc(-c2cc(-c3cc(-c4ccccc4)nc(-c4ccccc4)n3)cc(-c3cccc(C(F)(F)F)c3)c2-n2c3ccc(-c4ccc(C#N)cc4C#N)cc3c3cc(-c4ccc(C#N)cc4C#N)ccc32)c1. The van der Waals surface area contributed by atoms with Gasteiger partial charge in [0, 0.05) is 38.6 Å². The molecule has 0 aliphatic heterocycles. The lowest BCUT2D eigenvalue weighted by molar-refractivity contribution is -0.137. The van der Waals surface area contributed by atoms with Gasteiger partial charge in [0.05, 0.1) is 91.8 Å². The van der Waals surface area contributed by atoms with Crippen molar-refractivity contribution in [2.24, 2.45) is 0 Å². The number of nitrogens with zero attached hydrogens (tertiary/aromatic N) is 8. The highest BCUT2D eigenvalue weighted by Gasteiger charge is 2.31. The van der Waals surface area contributed by atoms with Crippen LogP contribution in [0.3, 0.4) is 0 Å². The molecule has 0 amide bonds. The minimum atomic E-state index is -4.69. The van der Waals surface area contributed by atoms with E-state index in [1.165, 1.54) is 18.2 Å². The quantitative estimate of drug-likeness (QED) is 0.147. The highest BCUT2D eigenvalue weighted by Crippen LogP contribution is 2.47. The minimum absolute atomic E-state index is 0.246. The van der Waals surface area contributed by atoms with E-state index in [2.05, 4.69) is 30.3 Å². The molecule has 0 radical (unpaired) electrons. The molecule has 0 fully saturated rings. The monoisotopic (exact) mass is 970 g/mol. The molecule has 0 N–H and O–H groups in total. The summed E-state index contributed by atoms with van der Waals surface area (Å²) < 4.78 is 46.6. The lowest BCUT2D eigenvalue weighted by atomic mass is 9.90. The van der Waals surface area contributed by atoms with E-state index in [0.717, 1.165) is 23.3 Å². The molecule has 11 rings (SSSR count). The van der Waals surface area contributed by atoms with E-state index in [-0.39, 0.29) is 16.7 Å². The third-order valence-electron chi connectivity index (χ3n) is 13.2. The molecule has 11 heteroatoms. The van der Waals surface area contributed by atoms with E-state index >= 15 is 0 Å². The molecule has 0 aliphatic carbocycles. The first-order valence-corrected chi connectivity index (χ1v) is 23.4. The van der Waals surface area contributed by atoms with Crippen molar-refractivity contribution < 1.29 is 13.2 Å². The van der Waals surface area contributed by atoms with E-state index in [0.29, 0.717) is 106 Å². The molecule has 0 spiro atoms. The van der Waals surface area contributed by atoms with Gasteiger partial charge in [0.2, 0.25) is 0 Å². The second kappa shape index (κ2) is 19.0. The summed E-state index contributed by atoms with van der Waals surface area (Å²) in [5, 5.41) is 51.7. The lowest BCUT2D eigenvalue weighted by Gasteiger charge is -2.22. The number of benzene rings is 9. The van der Waals surface area contributed by atoms with Crippen LogP contribution in [-0.4, -0.2) is 14.5 Å². The third kappa shape index (κ3) is 8.64. The lowest BCUT2D eigenvalue weighted by Crippen LogP contribution is -2.06. The van der Waals surface area contributed by atoms with Crippen molar-refractivity contribution in [1.29, 1.82) is 26.3 Å². The van der Waals surface area contributed by atoms with Crippen molar-refractivity contribution >= 4 is 21.8 Å². The van der Waals surface area contributed by atoms with Gasteiger partial charge in [-0.1, -0.05) is 109 Å². The van der Waals surface area contributed by atoms with Gasteiger partial charge in [0.15, 0.2) is 5.82 Å². The number of hydrogen-bond donors (Lipinski definition) is 0. The maximum Gasteiger partial charge on any atom is 0.416 e. The van der Waals surface area contributed by atoms with Gasteiger partial charge in [-0.25, -0.2) is 9.97 Å². The van der Waals surface area contributed by atoms with Crippen LogP contribution in [0.1, 0.15) is 33.4 Å². The molecule has 0 unspecified atom stereocenters. The number of nitriles is 5. The van der Waals surface area contributed by atoms with Crippen molar-refractivity contribution in [1.82, 2.24) is 14.5 Å². The largest absolute Gasteiger partial charge is 0.416 e. The van der Waals surface area contributed by atoms with Crippen molar-refractivity contribution in [2.75, 3.05) is 0 Å². The Balaban J connectivity index is 1.29. The second-order valence-electron chi connectivity index (χ2n) is 17.7. The summed E-state index contributed by atoms with van der Waals surface area (Å²) in [7, 11) is 0. The highest BCUT2D eigenvalue weighted by molar-refractivity contribution is 6.13. The average Bonchev–Trinajstić information content (AvgIpc) is 3.81. The molecule has 9 aromatic carbocycles. The predicted octanol–water partition coefficient (Wildman–Crippen LogP) is 15.6. The summed E-state index contributed by atoms with van der Waals surface area (Å²) in [6.07, 6.45) is -4.69. The fraction of sp³-hybridized carbons (Fsp3) is 0.0156. The van der Waals surface area contributed by atoms with E-state index < -0.39 is 11.7 Å².